The van der Waals surface area contributed by atoms with Crippen molar-refractivity contribution in [3.63, 3.8) is 0 Å². The molecule has 0 saturated carbocycles. The number of aryl methyl sites for hydroxylation is 1. The van der Waals surface area contributed by atoms with Crippen LogP contribution in [-0.2, 0) is 29.0 Å². The molecule has 144 valence electrons. The van der Waals surface area contributed by atoms with Gasteiger partial charge in [-0.25, -0.2) is 4.98 Å². The summed E-state index contributed by atoms with van der Waals surface area (Å²) in [7, 11) is 0. The van der Waals surface area contributed by atoms with Gasteiger partial charge in [-0.15, -0.1) is 11.3 Å². The molecule has 1 saturated heterocycles. The highest BCUT2D eigenvalue weighted by molar-refractivity contribution is 7.15. The van der Waals surface area contributed by atoms with Crippen molar-refractivity contribution in [1.82, 2.24) is 15.2 Å². The molecule has 8 heteroatoms. The van der Waals surface area contributed by atoms with Crippen molar-refractivity contribution < 1.29 is 14.0 Å². The molecule has 2 amide bonds. The molecule has 1 atom stereocenters. The fourth-order valence-electron chi connectivity index (χ4n) is 3.66. The summed E-state index contributed by atoms with van der Waals surface area (Å²) < 4.78 is 5.27. The fourth-order valence-corrected chi connectivity index (χ4v) is 4.90. The molecule has 7 nitrogen and oxygen atoms in total. The lowest BCUT2D eigenvalue weighted by Crippen LogP contribution is -2.48. The van der Waals surface area contributed by atoms with Crippen LogP contribution in [-0.4, -0.2) is 47.9 Å². The Hall–Kier alpha value is -2.35. The van der Waals surface area contributed by atoms with Crippen molar-refractivity contribution in [2.24, 2.45) is 5.92 Å². The first-order chi connectivity index (χ1) is 13.1. The van der Waals surface area contributed by atoms with Gasteiger partial charge < -0.3 is 19.5 Å². The molecule has 0 radical (unpaired) electrons. The van der Waals surface area contributed by atoms with Crippen LogP contribution in [0.2, 0.25) is 0 Å². The number of nitrogens with one attached hydrogen (secondary N) is 1. The molecule has 1 aliphatic heterocycles. The Kier molecular flexibility index (Phi) is 5.15. The average Bonchev–Trinajstić information content (AvgIpc) is 3.35. The van der Waals surface area contributed by atoms with Crippen molar-refractivity contribution >= 4 is 28.3 Å². The third-order valence-electron chi connectivity index (χ3n) is 5.31. The summed E-state index contributed by atoms with van der Waals surface area (Å²) in [6.45, 7) is 5.19. The minimum atomic E-state index is -0.00433. The first-order valence-electron chi connectivity index (χ1n) is 9.39. The monoisotopic (exact) mass is 388 g/mol. The molecular formula is C19H24N4O3S. The Labute approximate surface area is 162 Å². The number of nitrogens with zero attached hydrogens (tertiary/aromatic N) is 3. The predicted molar refractivity (Wildman–Crippen MR) is 103 cm³/mol. The minimum absolute atomic E-state index is 0.00433. The van der Waals surface area contributed by atoms with Crippen LogP contribution in [0.25, 0.3) is 0 Å². The highest BCUT2D eigenvalue weighted by atomic mass is 32.1. The van der Waals surface area contributed by atoms with E-state index >= 15 is 0 Å². The van der Waals surface area contributed by atoms with E-state index in [0.29, 0.717) is 6.54 Å². The summed E-state index contributed by atoms with van der Waals surface area (Å²) in [4.78, 5) is 34.2. The van der Waals surface area contributed by atoms with Crippen LogP contribution < -0.4 is 10.2 Å². The summed E-state index contributed by atoms with van der Waals surface area (Å²) in [6.07, 6.45) is 4.05. The second kappa shape index (κ2) is 7.72. The number of anilines is 1. The van der Waals surface area contributed by atoms with Crippen molar-refractivity contribution in [3.05, 3.63) is 34.7 Å². The van der Waals surface area contributed by atoms with E-state index < -0.39 is 0 Å². The topological polar surface area (TPSA) is 78.7 Å². The van der Waals surface area contributed by atoms with E-state index in [9.17, 15) is 9.59 Å². The molecule has 3 heterocycles. The number of hydrogen-bond donors (Lipinski definition) is 1. The Morgan fingerprint density at radius 1 is 1.33 bits per heavy atom. The molecule has 2 aromatic heterocycles. The largest absolute Gasteiger partial charge is 0.467 e. The van der Waals surface area contributed by atoms with Gasteiger partial charge in [0.15, 0.2) is 5.13 Å². The molecule has 0 unspecified atom stereocenters. The van der Waals surface area contributed by atoms with Gasteiger partial charge in [0.1, 0.15) is 5.76 Å². The van der Waals surface area contributed by atoms with Crippen molar-refractivity contribution in [2.75, 3.05) is 31.1 Å². The number of piperazine rings is 1. The predicted octanol–water partition coefficient (Wildman–Crippen LogP) is 1.83. The van der Waals surface area contributed by atoms with Gasteiger partial charge in [0.25, 0.3) is 0 Å². The number of carbonyl (C=O) groups excluding carboxylic acids is 2. The van der Waals surface area contributed by atoms with Gasteiger partial charge in [-0.2, -0.15) is 0 Å². The zero-order chi connectivity index (χ0) is 18.8. The molecule has 2 aromatic rings. The van der Waals surface area contributed by atoms with E-state index in [1.165, 1.54) is 4.88 Å². The number of amides is 2. The quantitative estimate of drug-likeness (QED) is 0.864. The van der Waals surface area contributed by atoms with Crippen LogP contribution in [0, 0.1) is 5.92 Å². The van der Waals surface area contributed by atoms with Crippen LogP contribution in [0.1, 0.15) is 29.7 Å². The molecule has 0 aromatic carbocycles. The van der Waals surface area contributed by atoms with Gasteiger partial charge in [-0.1, -0.05) is 0 Å². The Bertz CT molecular complexity index is 809. The number of aromatic nitrogens is 1. The fraction of sp³-hybridized carbons (Fsp3) is 0.526. The number of thiazole rings is 1. The molecule has 1 N–H and O–H groups in total. The molecule has 0 bridgehead atoms. The maximum atomic E-state index is 12.5. The normalized spacial score (nSPS) is 19.7. The number of carbonyl (C=O) groups is 2. The molecule has 27 heavy (non-hydrogen) atoms. The zero-order valence-corrected chi connectivity index (χ0v) is 16.3. The van der Waals surface area contributed by atoms with Crippen LogP contribution in [0.4, 0.5) is 5.13 Å². The number of hydrogen-bond acceptors (Lipinski definition) is 6. The Morgan fingerprint density at radius 3 is 2.85 bits per heavy atom. The summed E-state index contributed by atoms with van der Waals surface area (Å²) in [6, 6.07) is 3.68. The third kappa shape index (κ3) is 4.00. The summed E-state index contributed by atoms with van der Waals surface area (Å²) in [5, 5.41) is 4.00. The van der Waals surface area contributed by atoms with Gasteiger partial charge in [0, 0.05) is 43.9 Å². The van der Waals surface area contributed by atoms with Crippen molar-refractivity contribution in [3.8, 4) is 0 Å². The van der Waals surface area contributed by atoms with Crippen molar-refractivity contribution in [1.29, 1.82) is 0 Å². The van der Waals surface area contributed by atoms with E-state index in [1.54, 1.807) is 24.5 Å². The second-order valence-electron chi connectivity index (χ2n) is 7.10. The van der Waals surface area contributed by atoms with E-state index in [2.05, 4.69) is 10.2 Å². The molecule has 2 aliphatic rings. The SMILES string of the molecule is CC(=O)N1CCN(c2nc3c(s2)C[C@H](C(=O)NCc2ccco2)CC3)CC1. The van der Waals surface area contributed by atoms with E-state index in [0.717, 1.165) is 62.0 Å². The first-order valence-corrected chi connectivity index (χ1v) is 10.2. The average molecular weight is 388 g/mol. The van der Waals surface area contributed by atoms with Crippen LogP contribution in [0.5, 0.6) is 0 Å². The van der Waals surface area contributed by atoms with Gasteiger partial charge in [-0.3, -0.25) is 9.59 Å². The summed E-state index contributed by atoms with van der Waals surface area (Å²) in [5.41, 5.74) is 1.14. The maximum absolute atomic E-state index is 12.5. The summed E-state index contributed by atoms with van der Waals surface area (Å²) in [5.74, 6) is 0.985. The molecule has 1 aliphatic carbocycles. The Balaban J connectivity index is 1.35. The highest BCUT2D eigenvalue weighted by Gasteiger charge is 2.29. The van der Waals surface area contributed by atoms with E-state index in [4.69, 9.17) is 9.40 Å². The van der Waals surface area contributed by atoms with Gasteiger partial charge in [0.05, 0.1) is 18.5 Å². The maximum Gasteiger partial charge on any atom is 0.223 e. The van der Waals surface area contributed by atoms with Crippen molar-refractivity contribution in [2.45, 2.75) is 32.7 Å². The first kappa shape index (κ1) is 18.0. The number of fused-ring (bicyclic) bond motifs is 1. The molecule has 1 fully saturated rings. The second-order valence-corrected chi connectivity index (χ2v) is 8.16. The standard InChI is InChI=1S/C19H24N4O3S/c1-13(24)22-6-8-23(9-7-22)19-21-16-5-4-14(11-17(16)27-19)18(25)20-12-15-3-2-10-26-15/h2-3,10,14H,4-9,11-12H2,1H3,(H,20,25)/t14-/m1/s1. The smallest absolute Gasteiger partial charge is 0.223 e. The molecule has 0 spiro atoms. The lowest BCUT2D eigenvalue weighted by atomic mass is 9.90. The lowest BCUT2D eigenvalue weighted by Gasteiger charge is -2.33. The number of rotatable bonds is 4. The van der Waals surface area contributed by atoms with Crippen LogP contribution in [0.3, 0.4) is 0 Å². The third-order valence-corrected chi connectivity index (χ3v) is 6.49. The van der Waals surface area contributed by atoms with E-state index in [-0.39, 0.29) is 17.7 Å². The molecular weight excluding hydrogens is 364 g/mol. The van der Waals surface area contributed by atoms with Crippen LogP contribution >= 0.6 is 11.3 Å². The summed E-state index contributed by atoms with van der Waals surface area (Å²) >= 11 is 1.70. The zero-order valence-electron chi connectivity index (χ0n) is 15.4. The van der Waals surface area contributed by atoms with Gasteiger partial charge in [-0.05, 0) is 31.4 Å². The van der Waals surface area contributed by atoms with Gasteiger partial charge >= 0.3 is 0 Å². The number of furan rings is 1. The highest BCUT2D eigenvalue weighted by Crippen LogP contribution is 2.34. The van der Waals surface area contributed by atoms with E-state index in [1.807, 2.05) is 17.0 Å². The van der Waals surface area contributed by atoms with Crippen LogP contribution in [0.15, 0.2) is 22.8 Å². The Morgan fingerprint density at radius 2 is 2.15 bits per heavy atom. The lowest BCUT2D eigenvalue weighted by molar-refractivity contribution is -0.129. The van der Waals surface area contributed by atoms with Gasteiger partial charge in [0.2, 0.25) is 11.8 Å². The molecule has 4 rings (SSSR count). The minimum Gasteiger partial charge on any atom is -0.467 e.